The fraction of sp³-hybridized carbons (Fsp3) is 0.650. The maximum absolute atomic E-state index is 6.54. The average molecular weight is 396 g/mol. The molecule has 0 bridgehead atoms. The number of rotatable bonds is 5. The van der Waals surface area contributed by atoms with Crippen molar-refractivity contribution in [1.29, 1.82) is 0 Å². The van der Waals surface area contributed by atoms with Gasteiger partial charge in [0.15, 0.2) is 5.96 Å². The molecule has 0 aliphatic carbocycles. The number of aliphatic imine (C=N–C) groups is 1. The Labute approximate surface area is 166 Å². The Morgan fingerprint density at radius 1 is 1.19 bits per heavy atom. The quantitative estimate of drug-likeness (QED) is 0.587. The number of hydrogen-bond acceptors (Lipinski definition) is 3. The van der Waals surface area contributed by atoms with Crippen LogP contribution >= 0.6 is 23.4 Å². The standard InChI is InChI=1S/C20H30ClN3OS/c1-19(8-5-13-26-19)14-23-18(22-2)24-15-20(9-11-25-12-10-20)16-6-3-4-7-17(16)21/h3-4,6-7H,5,8-15H2,1-2H3,(H2,22,23,24). The monoisotopic (exact) mass is 395 g/mol. The molecule has 1 unspecified atom stereocenters. The van der Waals surface area contributed by atoms with E-state index in [0.717, 1.165) is 50.1 Å². The number of hydrogen-bond donors (Lipinski definition) is 2. The van der Waals surface area contributed by atoms with E-state index in [-0.39, 0.29) is 5.41 Å². The van der Waals surface area contributed by atoms with E-state index < -0.39 is 0 Å². The van der Waals surface area contributed by atoms with Crippen LogP contribution in [0.25, 0.3) is 0 Å². The zero-order valence-corrected chi connectivity index (χ0v) is 17.4. The molecule has 4 nitrogen and oxygen atoms in total. The number of nitrogens with zero attached hydrogens (tertiary/aromatic N) is 1. The first-order chi connectivity index (χ1) is 12.6. The molecule has 2 aliphatic heterocycles. The second-order valence-corrected chi connectivity index (χ2v) is 9.64. The summed E-state index contributed by atoms with van der Waals surface area (Å²) in [6.45, 7) is 5.64. The van der Waals surface area contributed by atoms with E-state index in [9.17, 15) is 0 Å². The molecule has 6 heteroatoms. The average Bonchev–Trinajstić information content (AvgIpc) is 3.10. The summed E-state index contributed by atoms with van der Waals surface area (Å²) < 4.78 is 5.94. The minimum absolute atomic E-state index is 0.0137. The van der Waals surface area contributed by atoms with Crippen LogP contribution in [0, 0.1) is 0 Å². The van der Waals surface area contributed by atoms with Crippen molar-refractivity contribution in [2.75, 3.05) is 39.1 Å². The largest absolute Gasteiger partial charge is 0.381 e. The Hall–Kier alpha value is -0.910. The highest BCUT2D eigenvalue weighted by molar-refractivity contribution is 8.00. The summed E-state index contributed by atoms with van der Waals surface area (Å²) in [6, 6.07) is 8.21. The van der Waals surface area contributed by atoms with Gasteiger partial charge in [-0.2, -0.15) is 11.8 Å². The molecule has 2 heterocycles. The minimum Gasteiger partial charge on any atom is -0.381 e. The third kappa shape index (κ3) is 4.68. The van der Waals surface area contributed by atoms with E-state index in [1.807, 2.05) is 19.2 Å². The van der Waals surface area contributed by atoms with Crippen molar-refractivity contribution >= 4 is 29.3 Å². The van der Waals surface area contributed by atoms with Gasteiger partial charge in [-0.3, -0.25) is 4.99 Å². The zero-order chi connectivity index (χ0) is 18.5. The third-order valence-corrected chi connectivity index (χ3v) is 7.51. The minimum atomic E-state index is -0.0137. The van der Waals surface area contributed by atoms with E-state index in [1.54, 1.807) is 0 Å². The van der Waals surface area contributed by atoms with Gasteiger partial charge in [-0.1, -0.05) is 29.8 Å². The molecule has 1 atom stereocenters. The Morgan fingerprint density at radius 2 is 1.92 bits per heavy atom. The lowest BCUT2D eigenvalue weighted by Crippen LogP contribution is -2.50. The number of nitrogens with one attached hydrogen (secondary N) is 2. The summed E-state index contributed by atoms with van der Waals surface area (Å²) in [5, 5.41) is 7.93. The van der Waals surface area contributed by atoms with Gasteiger partial charge in [0.2, 0.25) is 0 Å². The van der Waals surface area contributed by atoms with E-state index in [2.05, 4.69) is 46.4 Å². The molecule has 2 fully saturated rings. The highest BCUT2D eigenvalue weighted by Crippen LogP contribution is 2.38. The first-order valence-electron chi connectivity index (χ1n) is 9.48. The lowest BCUT2D eigenvalue weighted by molar-refractivity contribution is 0.0514. The predicted molar refractivity (Wildman–Crippen MR) is 113 cm³/mol. The first kappa shape index (κ1) is 19.8. The van der Waals surface area contributed by atoms with Crippen molar-refractivity contribution in [2.45, 2.75) is 42.8 Å². The van der Waals surface area contributed by atoms with Crippen LogP contribution in [-0.2, 0) is 10.2 Å². The summed E-state index contributed by atoms with van der Waals surface area (Å²) in [4.78, 5) is 4.43. The van der Waals surface area contributed by atoms with Crippen LogP contribution in [0.3, 0.4) is 0 Å². The second kappa shape index (κ2) is 8.85. The predicted octanol–water partition coefficient (Wildman–Crippen LogP) is 3.84. The SMILES string of the molecule is CN=C(NCC1(C)CCCS1)NCC1(c2ccccc2Cl)CCOCC1. The van der Waals surface area contributed by atoms with Crippen LogP contribution in [0.4, 0.5) is 0 Å². The number of ether oxygens (including phenoxy) is 1. The zero-order valence-electron chi connectivity index (χ0n) is 15.8. The molecule has 1 aromatic rings. The molecule has 0 amide bonds. The van der Waals surface area contributed by atoms with E-state index >= 15 is 0 Å². The molecule has 144 valence electrons. The molecule has 26 heavy (non-hydrogen) atoms. The van der Waals surface area contributed by atoms with Gasteiger partial charge >= 0.3 is 0 Å². The summed E-state index contributed by atoms with van der Waals surface area (Å²) >= 11 is 8.61. The van der Waals surface area contributed by atoms with Crippen LogP contribution in [-0.4, -0.2) is 49.8 Å². The van der Waals surface area contributed by atoms with Crippen LogP contribution in [0.1, 0.15) is 38.2 Å². The van der Waals surface area contributed by atoms with Gasteiger partial charge in [-0.05, 0) is 50.0 Å². The maximum Gasteiger partial charge on any atom is 0.191 e. The number of thioether (sulfide) groups is 1. The maximum atomic E-state index is 6.54. The topological polar surface area (TPSA) is 45.7 Å². The van der Waals surface area contributed by atoms with Gasteiger partial charge in [-0.25, -0.2) is 0 Å². The van der Waals surface area contributed by atoms with Crippen molar-refractivity contribution in [1.82, 2.24) is 10.6 Å². The molecule has 2 saturated heterocycles. The summed E-state index contributed by atoms with van der Waals surface area (Å²) in [5.41, 5.74) is 1.20. The van der Waals surface area contributed by atoms with Gasteiger partial charge in [-0.15, -0.1) is 0 Å². The summed E-state index contributed by atoms with van der Waals surface area (Å²) in [5.74, 6) is 2.14. The van der Waals surface area contributed by atoms with Crippen molar-refractivity contribution < 1.29 is 4.74 Å². The van der Waals surface area contributed by atoms with Crippen LogP contribution < -0.4 is 10.6 Å². The van der Waals surface area contributed by atoms with E-state index in [4.69, 9.17) is 16.3 Å². The van der Waals surface area contributed by atoms with E-state index in [0.29, 0.717) is 4.75 Å². The Morgan fingerprint density at radius 3 is 2.58 bits per heavy atom. The lowest BCUT2D eigenvalue weighted by atomic mass is 9.74. The molecule has 3 rings (SSSR count). The van der Waals surface area contributed by atoms with Crippen molar-refractivity contribution in [3.8, 4) is 0 Å². The van der Waals surface area contributed by atoms with Gasteiger partial charge in [0.25, 0.3) is 0 Å². The lowest BCUT2D eigenvalue weighted by Gasteiger charge is -2.39. The number of guanidine groups is 1. The Kier molecular flexibility index (Phi) is 6.76. The van der Waals surface area contributed by atoms with Crippen molar-refractivity contribution in [3.05, 3.63) is 34.9 Å². The molecule has 2 N–H and O–H groups in total. The van der Waals surface area contributed by atoms with Crippen LogP contribution in [0.5, 0.6) is 0 Å². The Balaban J connectivity index is 1.66. The highest BCUT2D eigenvalue weighted by Gasteiger charge is 2.36. The fourth-order valence-corrected chi connectivity index (χ4v) is 5.50. The molecule has 0 saturated carbocycles. The normalized spacial score (nSPS) is 25.9. The molecule has 0 spiro atoms. The molecule has 0 radical (unpaired) electrons. The smallest absolute Gasteiger partial charge is 0.191 e. The van der Waals surface area contributed by atoms with Crippen molar-refractivity contribution in [3.63, 3.8) is 0 Å². The fourth-order valence-electron chi connectivity index (χ4n) is 3.92. The molecular formula is C20H30ClN3OS. The van der Waals surface area contributed by atoms with Gasteiger partial charge in [0, 0.05) is 48.5 Å². The molecule has 2 aliphatic rings. The van der Waals surface area contributed by atoms with E-state index in [1.165, 1.54) is 24.2 Å². The third-order valence-electron chi connectivity index (χ3n) is 5.64. The second-order valence-electron chi connectivity index (χ2n) is 7.55. The number of benzene rings is 1. The highest BCUT2D eigenvalue weighted by atomic mass is 35.5. The van der Waals surface area contributed by atoms with Crippen molar-refractivity contribution in [2.24, 2.45) is 4.99 Å². The number of halogens is 1. The molecule has 1 aromatic carbocycles. The van der Waals surface area contributed by atoms with Crippen LogP contribution in [0.15, 0.2) is 29.3 Å². The first-order valence-corrected chi connectivity index (χ1v) is 10.8. The Bertz CT molecular complexity index is 625. The van der Waals surface area contributed by atoms with Crippen LogP contribution in [0.2, 0.25) is 5.02 Å². The molecule has 0 aromatic heterocycles. The summed E-state index contributed by atoms with van der Waals surface area (Å²) in [6.07, 6.45) is 4.51. The molecular weight excluding hydrogens is 366 g/mol. The van der Waals surface area contributed by atoms with Gasteiger partial charge in [0.05, 0.1) is 0 Å². The summed E-state index contributed by atoms with van der Waals surface area (Å²) in [7, 11) is 1.84. The van der Waals surface area contributed by atoms with Gasteiger partial charge in [0.1, 0.15) is 0 Å². The van der Waals surface area contributed by atoms with Gasteiger partial charge < -0.3 is 15.4 Å².